The average molecular weight is 463 g/mol. The van der Waals surface area contributed by atoms with Crippen molar-refractivity contribution in [1.29, 1.82) is 0 Å². The van der Waals surface area contributed by atoms with Gasteiger partial charge in [-0.15, -0.1) is 10.2 Å². The van der Waals surface area contributed by atoms with Crippen LogP contribution >= 0.6 is 27.7 Å². The second kappa shape index (κ2) is 9.03. The average Bonchev–Trinajstić information content (AvgIpc) is 3.24. The van der Waals surface area contributed by atoms with Crippen LogP contribution in [0.5, 0.6) is 0 Å². The Morgan fingerprint density at radius 1 is 0.862 bits per heavy atom. The van der Waals surface area contributed by atoms with E-state index in [-0.39, 0.29) is 5.78 Å². The smallest absolute Gasteiger partial charge is 0.281 e. The van der Waals surface area contributed by atoms with Crippen LogP contribution in [0.1, 0.15) is 15.9 Å². The minimum Gasteiger partial charge on any atom is -0.411 e. The Kier molecular flexibility index (Phi) is 6.03. The van der Waals surface area contributed by atoms with Crippen LogP contribution in [0, 0.1) is 0 Å². The number of aromatic nitrogens is 2. The van der Waals surface area contributed by atoms with Gasteiger partial charge in [0.1, 0.15) is 0 Å². The number of nitrogens with zero attached hydrogens (tertiary/aromatic N) is 2. The van der Waals surface area contributed by atoms with Gasteiger partial charge in [-0.3, -0.25) is 4.79 Å². The summed E-state index contributed by atoms with van der Waals surface area (Å²) in [5, 5.41) is 8.53. The zero-order chi connectivity index (χ0) is 20.1. The van der Waals surface area contributed by atoms with Crippen LogP contribution in [0.3, 0.4) is 0 Å². The largest absolute Gasteiger partial charge is 0.411 e. The van der Waals surface area contributed by atoms with E-state index >= 15 is 0 Å². The van der Waals surface area contributed by atoms with Crippen molar-refractivity contribution in [2.45, 2.75) is 5.22 Å². The van der Waals surface area contributed by atoms with Crippen molar-refractivity contribution < 1.29 is 9.21 Å². The zero-order valence-electron chi connectivity index (χ0n) is 15.2. The van der Waals surface area contributed by atoms with E-state index in [9.17, 15) is 4.79 Å². The molecule has 0 saturated carbocycles. The summed E-state index contributed by atoms with van der Waals surface area (Å²) < 4.78 is 6.76. The molecule has 0 fully saturated rings. The van der Waals surface area contributed by atoms with Gasteiger partial charge in [0, 0.05) is 15.6 Å². The van der Waals surface area contributed by atoms with Crippen LogP contribution in [-0.2, 0) is 0 Å². The first-order valence-electron chi connectivity index (χ1n) is 8.83. The van der Waals surface area contributed by atoms with Crippen molar-refractivity contribution in [3.63, 3.8) is 0 Å². The molecule has 1 heterocycles. The van der Waals surface area contributed by atoms with Crippen molar-refractivity contribution in [1.82, 2.24) is 10.2 Å². The van der Waals surface area contributed by atoms with Crippen molar-refractivity contribution in [3.8, 4) is 11.5 Å². The predicted octanol–water partition coefficient (Wildman–Crippen LogP) is 6.52. The normalized spacial score (nSPS) is 11.4. The van der Waals surface area contributed by atoms with Gasteiger partial charge in [-0.25, -0.2) is 0 Å². The minimum atomic E-state index is -0.0991. The highest BCUT2D eigenvalue weighted by molar-refractivity contribution is 9.10. The second-order valence-corrected chi connectivity index (χ2v) is 8.01. The third kappa shape index (κ3) is 4.91. The van der Waals surface area contributed by atoms with E-state index in [1.807, 2.05) is 78.9 Å². The summed E-state index contributed by atoms with van der Waals surface area (Å²) in [6.45, 7) is 0. The molecule has 3 aromatic carbocycles. The van der Waals surface area contributed by atoms with Crippen molar-refractivity contribution in [2.75, 3.05) is 0 Å². The van der Waals surface area contributed by atoms with Crippen molar-refractivity contribution in [3.05, 3.63) is 105 Å². The van der Waals surface area contributed by atoms with Crippen LogP contribution in [0.4, 0.5) is 0 Å². The van der Waals surface area contributed by atoms with Gasteiger partial charge in [-0.05, 0) is 47.7 Å². The lowest BCUT2D eigenvalue weighted by Crippen LogP contribution is -2.00. The highest BCUT2D eigenvalue weighted by atomic mass is 79.9. The van der Waals surface area contributed by atoms with Gasteiger partial charge in [0.15, 0.2) is 5.78 Å². The number of hydrogen-bond acceptors (Lipinski definition) is 5. The second-order valence-electron chi connectivity index (χ2n) is 6.10. The molecule has 0 amide bonds. The Hall–Kier alpha value is -2.96. The SMILES string of the molecule is O=C(/C(=C\c1ccc(Br)cc1)Sc1nnc(-c2ccccc2)o1)c1ccccc1. The molecule has 0 spiro atoms. The number of carbonyl (C=O) groups is 1. The predicted molar refractivity (Wildman–Crippen MR) is 118 cm³/mol. The topological polar surface area (TPSA) is 56.0 Å². The fourth-order valence-electron chi connectivity index (χ4n) is 2.63. The number of benzene rings is 3. The number of carbonyl (C=O) groups excluding carboxylic acids is 1. The van der Waals surface area contributed by atoms with Gasteiger partial charge in [-0.2, -0.15) is 0 Å². The summed E-state index contributed by atoms with van der Waals surface area (Å²) in [5.41, 5.74) is 2.34. The first-order chi connectivity index (χ1) is 14.2. The van der Waals surface area contributed by atoms with Gasteiger partial charge >= 0.3 is 0 Å². The summed E-state index contributed by atoms with van der Waals surface area (Å²) in [6.07, 6.45) is 1.83. The molecule has 4 aromatic rings. The highest BCUT2D eigenvalue weighted by Gasteiger charge is 2.18. The summed E-state index contributed by atoms with van der Waals surface area (Å²) in [6, 6.07) is 26.4. The lowest BCUT2D eigenvalue weighted by Gasteiger charge is -2.05. The maximum Gasteiger partial charge on any atom is 0.281 e. The molecule has 0 N–H and O–H groups in total. The lowest BCUT2D eigenvalue weighted by atomic mass is 10.1. The molecule has 0 radical (unpaired) electrons. The maximum absolute atomic E-state index is 13.1. The van der Waals surface area contributed by atoms with Crippen molar-refractivity contribution in [2.24, 2.45) is 0 Å². The number of Topliss-reactive ketones (excluding diaryl/α,β-unsaturated/α-hetero) is 1. The van der Waals surface area contributed by atoms with Crippen LogP contribution in [0.15, 0.2) is 104 Å². The van der Waals surface area contributed by atoms with E-state index in [2.05, 4.69) is 26.1 Å². The first kappa shape index (κ1) is 19.4. The highest BCUT2D eigenvalue weighted by Crippen LogP contribution is 2.32. The Morgan fingerprint density at radius 2 is 1.52 bits per heavy atom. The molecular weight excluding hydrogens is 448 g/mol. The van der Waals surface area contributed by atoms with Gasteiger partial charge in [0.05, 0.1) is 4.91 Å². The monoisotopic (exact) mass is 462 g/mol. The number of rotatable bonds is 6. The van der Waals surface area contributed by atoms with E-state index < -0.39 is 0 Å². The molecule has 0 unspecified atom stereocenters. The molecule has 0 bridgehead atoms. The molecule has 29 heavy (non-hydrogen) atoms. The van der Waals surface area contributed by atoms with Gasteiger partial charge in [0.25, 0.3) is 5.22 Å². The van der Waals surface area contributed by atoms with Gasteiger partial charge in [0.2, 0.25) is 5.89 Å². The number of thioether (sulfide) groups is 1. The molecule has 0 saturated heterocycles. The first-order valence-corrected chi connectivity index (χ1v) is 10.4. The van der Waals surface area contributed by atoms with Gasteiger partial charge in [-0.1, -0.05) is 76.6 Å². The molecule has 0 atom stereocenters. The molecule has 0 aliphatic carbocycles. The Labute approximate surface area is 180 Å². The quantitative estimate of drug-likeness (QED) is 0.185. The molecule has 1 aromatic heterocycles. The molecule has 142 valence electrons. The van der Waals surface area contributed by atoms with Crippen LogP contribution in [-0.4, -0.2) is 16.0 Å². The van der Waals surface area contributed by atoms with Crippen molar-refractivity contribution >= 4 is 39.6 Å². The van der Waals surface area contributed by atoms with E-state index in [0.717, 1.165) is 15.6 Å². The van der Waals surface area contributed by atoms with Crippen LogP contribution in [0.2, 0.25) is 0 Å². The molecular formula is C23H15BrN2O2S. The number of ketones is 1. The van der Waals surface area contributed by atoms with E-state index in [1.54, 1.807) is 12.1 Å². The number of allylic oxidation sites excluding steroid dienone is 1. The number of halogens is 1. The molecule has 4 nitrogen and oxygen atoms in total. The zero-order valence-corrected chi connectivity index (χ0v) is 17.6. The van der Waals surface area contributed by atoms with E-state index in [1.165, 1.54) is 11.8 Å². The molecule has 0 aliphatic rings. The van der Waals surface area contributed by atoms with E-state index in [4.69, 9.17) is 4.42 Å². The van der Waals surface area contributed by atoms with E-state index in [0.29, 0.717) is 21.6 Å². The summed E-state index contributed by atoms with van der Waals surface area (Å²) >= 11 is 4.60. The standard InChI is InChI=1S/C23H15BrN2O2S/c24-19-13-11-16(12-14-19)15-20(21(27)17-7-3-1-4-8-17)29-23-26-25-22(28-23)18-9-5-2-6-10-18/h1-15H/b20-15+. The van der Waals surface area contributed by atoms with Gasteiger partial charge < -0.3 is 4.42 Å². The fourth-order valence-corrected chi connectivity index (χ4v) is 3.69. The number of hydrogen-bond donors (Lipinski definition) is 0. The Balaban J connectivity index is 1.66. The Morgan fingerprint density at radius 3 is 2.21 bits per heavy atom. The third-order valence-electron chi connectivity index (χ3n) is 4.05. The minimum absolute atomic E-state index is 0.0991. The lowest BCUT2D eigenvalue weighted by molar-refractivity contribution is 0.104. The maximum atomic E-state index is 13.1. The van der Waals surface area contributed by atoms with Crippen LogP contribution in [0.25, 0.3) is 17.5 Å². The third-order valence-corrected chi connectivity index (χ3v) is 5.44. The summed E-state index contributed by atoms with van der Waals surface area (Å²) in [4.78, 5) is 13.6. The Bertz CT molecular complexity index is 1140. The fraction of sp³-hybridized carbons (Fsp3) is 0. The van der Waals surface area contributed by atoms with Crippen LogP contribution < -0.4 is 0 Å². The molecule has 6 heteroatoms. The summed E-state index contributed by atoms with van der Waals surface area (Å²) in [5.74, 6) is 0.321. The molecule has 4 rings (SSSR count). The molecule has 0 aliphatic heterocycles. The summed E-state index contributed by atoms with van der Waals surface area (Å²) in [7, 11) is 0.